The van der Waals surface area contributed by atoms with E-state index in [-0.39, 0.29) is 5.92 Å². The minimum Gasteiger partial charge on any atom is -0.438 e. The summed E-state index contributed by atoms with van der Waals surface area (Å²) in [7, 11) is 0. The standard InChI is InChI=1S/C13H17NO2/c1-4-8(2)11(15)13-14-10-7-5-6-9(3)12(10)16-13/h5-8,11,15H,4H2,1-3H3. The second-order valence-electron chi connectivity index (χ2n) is 4.31. The zero-order valence-electron chi connectivity index (χ0n) is 9.90. The normalized spacial score (nSPS) is 15.2. The lowest BCUT2D eigenvalue weighted by molar-refractivity contribution is 0.0887. The lowest BCUT2D eigenvalue weighted by atomic mass is 10.0. The third-order valence-corrected chi connectivity index (χ3v) is 3.06. The number of nitrogens with zero attached hydrogens (tertiary/aromatic N) is 1. The Labute approximate surface area is 95.1 Å². The molecule has 2 unspecified atom stereocenters. The smallest absolute Gasteiger partial charge is 0.224 e. The predicted molar refractivity (Wildman–Crippen MR) is 63.2 cm³/mol. The Morgan fingerprint density at radius 2 is 2.19 bits per heavy atom. The van der Waals surface area contributed by atoms with Crippen LogP contribution >= 0.6 is 0 Å². The van der Waals surface area contributed by atoms with Crippen LogP contribution in [0.3, 0.4) is 0 Å². The highest BCUT2D eigenvalue weighted by molar-refractivity contribution is 5.76. The highest BCUT2D eigenvalue weighted by Crippen LogP contribution is 2.27. The zero-order valence-corrected chi connectivity index (χ0v) is 9.90. The summed E-state index contributed by atoms with van der Waals surface area (Å²) in [5, 5.41) is 10.0. The number of fused-ring (bicyclic) bond motifs is 1. The lowest BCUT2D eigenvalue weighted by Gasteiger charge is -2.12. The monoisotopic (exact) mass is 219 g/mol. The van der Waals surface area contributed by atoms with Gasteiger partial charge in [-0.3, -0.25) is 0 Å². The van der Waals surface area contributed by atoms with Crippen molar-refractivity contribution < 1.29 is 9.52 Å². The van der Waals surface area contributed by atoms with E-state index in [1.807, 2.05) is 39.0 Å². The first-order chi connectivity index (χ1) is 7.63. The molecule has 0 aliphatic heterocycles. The molecule has 2 rings (SSSR count). The lowest BCUT2D eigenvalue weighted by Crippen LogP contribution is -2.08. The average molecular weight is 219 g/mol. The minimum absolute atomic E-state index is 0.161. The van der Waals surface area contributed by atoms with Crippen LogP contribution in [0.1, 0.15) is 37.8 Å². The maximum atomic E-state index is 10.0. The van der Waals surface area contributed by atoms with Gasteiger partial charge in [0.1, 0.15) is 11.6 Å². The van der Waals surface area contributed by atoms with Gasteiger partial charge in [0.05, 0.1) is 0 Å². The van der Waals surface area contributed by atoms with Crippen LogP contribution in [0, 0.1) is 12.8 Å². The van der Waals surface area contributed by atoms with E-state index in [4.69, 9.17) is 4.42 Å². The molecule has 2 atom stereocenters. The molecule has 1 aromatic heterocycles. The van der Waals surface area contributed by atoms with Crippen molar-refractivity contribution in [2.24, 2.45) is 5.92 Å². The molecular weight excluding hydrogens is 202 g/mol. The summed E-state index contributed by atoms with van der Waals surface area (Å²) in [5.41, 5.74) is 2.64. The molecule has 0 spiro atoms. The fourth-order valence-electron chi connectivity index (χ4n) is 1.70. The van der Waals surface area contributed by atoms with E-state index in [1.165, 1.54) is 0 Å². The Morgan fingerprint density at radius 3 is 2.81 bits per heavy atom. The van der Waals surface area contributed by atoms with Gasteiger partial charge >= 0.3 is 0 Å². The molecular formula is C13H17NO2. The van der Waals surface area contributed by atoms with Gasteiger partial charge in [-0.2, -0.15) is 0 Å². The molecule has 1 N–H and O–H groups in total. The van der Waals surface area contributed by atoms with Crippen molar-refractivity contribution in [3.05, 3.63) is 29.7 Å². The second kappa shape index (κ2) is 4.26. The third kappa shape index (κ3) is 1.83. The van der Waals surface area contributed by atoms with Crippen LogP contribution in [-0.4, -0.2) is 10.1 Å². The SMILES string of the molecule is CCC(C)C(O)c1nc2cccc(C)c2o1. The van der Waals surface area contributed by atoms with Crippen LogP contribution in [0.2, 0.25) is 0 Å². The molecule has 0 bridgehead atoms. The molecule has 1 aromatic carbocycles. The van der Waals surface area contributed by atoms with E-state index in [0.717, 1.165) is 23.1 Å². The van der Waals surface area contributed by atoms with Gasteiger partial charge in [-0.15, -0.1) is 0 Å². The molecule has 16 heavy (non-hydrogen) atoms. The first-order valence-electron chi connectivity index (χ1n) is 5.67. The van der Waals surface area contributed by atoms with Crippen LogP contribution in [0.15, 0.2) is 22.6 Å². The van der Waals surface area contributed by atoms with E-state index in [2.05, 4.69) is 4.98 Å². The molecule has 2 aromatic rings. The van der Waals surface area contributed by atoms with Crippen LogP contribution in [0.4, 0.5) is 0 Å². The maximum absolute atomic E-state index is 10.0. The van der Waals surface area contributed by atoms with Gasteiger partial charge in [-0.25, -0.2) is 4.98 Å². The first-order valence-corrected chi connectivity index (χ1v) is 5.67. The number of benzene rings is 1. The number of aliphatic hydroxyl groups excluding tert-OH is 1. The van der Waals surface area contributed by atoms with Crippen LogP contribution < -0.4 is 0 Å². The number of hydrogen-bond donors (Lipinski definition) is 1. The summed E-state index contributed by atoms with van der Waals surface area (Å²) >= 11 is 0. The number of aryl methyl sites for hydroxylation is 1. The molecule has 0 radical (unpaired) electrons. The Morgan fingerprint density at radius 1 is 1.44 bits per heavy atom. The van der Waals surface area contributed by atoms with E-state index in [1.54, 1.807) is 0 Å². The second-order valence-corrected chi connectivity index (χ2v) is 4.31. The van der Waals surface area contributed by atoms with E-state index in [0.29, 0.717) is 5.89 Å². The van der Waals surface area contributed by atoms with Crippen molar-refractivity contribution in [2.45, 2.75) is 33.3 Å². The number of rotatable bonds is 3. The number of hydrogen-bond acceptors (Lipinski definition) is 3. The highest BCUT2D eigenvalue weighted by Gasteiger charge is 2.20. The molecule has 0 fully saturated rings. The Kier molecular flexibility index (Phi) is 2.97. The number of aromatic nitrogens is 1. The predicted octanol–water partition coefficient (Wildman–Crippen LogP) is 3.22. The quantitative estimate of drug-likeness (QED) is 0.862. The Bertz CT molecular complexity index is 490. The highest BCUT2D eigenvalue weighted by atomic mass is 16.4. The van der Waals surface area contributed by atoms with Crippen molar-refractivity contribution >= 4 is 11.1 Å². The first kappa shape index (κ1) is 11.1. The number of oxazole rings is 1. The molecule has 86 valence electrons. The summed E-state index contributed by atoms with van der Waals surface area (Å²) < 4.78 is 5.62. The Balaban J connectivity index is 2.43. The summed E-state index contributed by atoms with van der Waals surface area (Å²) in [6, 6.07) is 5.82. The largest absolute Gasteiger partial charge is 0.438 e. The molecule has 0 saturated heterocycles. The fraction of sp³-hybridized carbons (Fsp3) is 0.462. The molecule has 1 heterocycles. The summed E-state index contributed by atoms with van der Waals surface area (Å²) in [6.07, 6.45) is 0.288. The number of para-hydroxylation sites is 1. The van der Waals surface area contributed by atoms with Crippen molar-refractivity contribution in [3.63, 3.8) is 0 Å². The van der Waals surface area contributed by atoms with Gasteiger partial charge in [0.2, 0.25) is 5.89 Å². The van der Waals surface area contributed by atoms with Crippen molar-refractivity contribution in [3.8, 4) is 0 Å². The van der Waals surface area contributed by atoms with Gasteiger partial charge in [0, 0.05) is 0 Å². The van der Waals surface area contributed by atoms with Crippen molar-refractivity contribution in [1.82, 2.24) is 4.98 Å². The van der Waals surface area contributed by atoms with Gasteiger partial charge in [-0.1, -0.05) is 32.4 Å². The third-order valence-electron chi connectivity index (χ3n) is 3.06. The molecule has 0 saturated carbocycles. The van der Waals surface area contributed by atoms with Crippen LogP contribution in [0.25, 0.3) is 11.1 Å². The van der Waals surface area contributed by atoms with Crippen molar-refractivity contribution in [2.75, 3.05) is 0 Å². The van der Waals surface area contributed by atoms with Crippen LogP contribution in [0.5, 0.6) is 0 Å². The van der Waals surface area contributed by atoms with E-state index in [9.17, 15) is 5.11 Å². The van der Waals surface area contributed by atoms with Gasteiger partial charge in [0.15, 0.2) is 5.58 Å². The molecule has 3 nitrogen and oxygen atoms in total. The average Bonchev–Trinajstić information content (AvgIpc) is 2.72. The number of aliphatic hydroxyl groups is 1. The van der Waals surface area contributed by atoms with Gasteiger partial charge in [0.25, 0.3) is 0 Å². The topological polar surface area (TPSA) is 46.3 Å². The van der Waals surface area contributed by atoms with Gasteiger partial charge in [-0.05, 0) is 24.5 Å². The fourth-order valence-corrected chi connectivity index (χ4v) is 1.70. The van der Waals surface area contributed by atoms with E-state index >= 15 is 0 Å². The minimum atomic E-state index is -0.614. The molecule has 0 aliphatic rings. The Hall–Kier alpha value is -1.35. The molecule has 0 amide bonds. The van der Waals surface area contributed by atoms with Gasteiger partial charge < -0.3 is 9.52 Å². The zero-order chi connectivity index (χ0) is 11.7. The maximum Gasteiger partial charge on any atom is 0.224 e. The van der Waals surface area contributed by atoms with Crippen molar-refractivity contribution in [1.29, 1.82) is 0 Å². The summed E-state index contributed by atoms with van der Waals surface area (Å²) in [6.45, 7) is 6.01. The van der Waals surface area contributed by atoms with Crippen LogP contribution in [-0.2, 0) is 0 Å². The molecule has 0 aliphatic carbocycles. The molecule has 3 heteroatoms. The van der Waals surface area contributed by atoms with E-state index < -0.39 is 6.10 Å². The summed E-state index contributed by atoms with van der Waals surface area (Å²) in [4.78, 5) is 4.33. The summed E-state index contributed by atoms with van der Waals surface area (Å²) in [5.74, 6) is 0.590.